The monoisotopic (exact) mass is 337 g/mol. The van der Waals surface area contributed by atoms with Crippen LogP contribution in [0.2, 0.25) is 0 Å². The van der Waals surface area contributed by atoms with E-state index in [1.54, 1.807) is 24.6 Å². The molecule has 1 amide bonds. The lowest BCUT2D eigenvalue weighted by Gasteiger charge is -2.51. The highest BCUT2D eigenvalue weighted by atomic mass is 16.3. The predicted octanol–water partition coefficient (Wildman–Crippen LogP) is 2.51. The predicted molar refractivity (Wildman–Crippen MR) is 95.7 cm³/mol. The van der Waals surface area contributed by atoms with Crippen LogP contribution in [0.1, 0.15) is 24.2 Å². The molecule has 3 aliphatic heterocycles. The third kappa shape index (κ3) is 3.66. The van der Waals surface area contributed by atoms with Crippen molar-refractivity contribution >= 4 is 12.0 Å². The zero-order valence-electron chi connectivity index (χ0n) is 14.2. The van der Waals surface area contributed by atoms with Crippen molar-refractivity contribution in [3.05, 3.63) is 60.3 Å². The first-order chi connectivity index (χ1) is 12.3. The lowest BCUT2D eigenvalue weighted by atomic mass is 9.77. The van der Waals surface area contributed by atoms with Gasteiger partial charge in [0.1, 0.15) is 5.76 Å². The Kier molecular flexibility index (Phi) is 4.65. The minimum atomic E-state index is -0.0497. The second-order valence-electron chi connectivity index (χ2n) is 6.89. The summed E-state index contributed by atoms with van der Waals surface area (Å²) in [4.78, 5) is 19.2. The summed E-state index contributed by atoms with van der Waals surface area (Å²) in [6.45, 7) is 2.26. The molecule has 5 nitrogen and oxygen atoms in total. The third-order valence-electron chi connectivity index (χ3n) is 5.38. The van der Waals surface area contributed by atoms with Crippen molar-refractivity contribution in [1.29, 1.82) is 0 Å². The van der Waals surface area contributed by atoms with E-state index in [0.29, 0.717) is 17.7 Å². The van der Waals surface area contributed by atoms with Gasteiger partial charge >= 0.3 is 0 Å². The van der Waals surface area contributed by atoms with Gasteiger partial charge in [0.2, 0.25) is 5.91 Å². The molecule has 2 unspecified atom stereocenters. The number of pyridine rings is 1. The molecule has 5 heteroatoms. The molecule has 0 aliphatic carbocycles. The molecule has 0 spiro atoms. The number of aromatic nitrogens is 1. The average Bonchev–Trinajstić information content (AvgIpc) is 3.17. The van der Waals surface area contributed by atoms with Gasteiger partial charge in [-0.1, -0.05) is 6.07 Å². The average molecular weight is 337 g/mol. The molecule has 0 aromatic carbocycles. The van der Waals surface area contributed by atoms with Gasteiger partial charge < -0.3 is 9.73 Å². The Bertz CT molecular complexity index is 719. The molecule has 3 fully saturated rings. The van der Waals surface area contributed by atoms with Crippen LogP contribution in [0, 0.1) is 5.92 Å². The van der Waals surface area contributed by atoms with Crippen molar-refractivity contribution < 1.29 is 9.21 Å². The topological polar surface area (TPSA) is 58.4 Å². The van der Waals surface area contributed by atoms with E-state index in [1.165, 1.54) is 5.56 Å². The number of fused-ring (bicyclic) bond motifs is 3. The second-order valence-corrected chi connectivity index (χ2v) is 6.89. The zero-order chi connectivity index (χ0) is 17.1. The summed E-state index contributed by atoms with van der Waals surface area (Å²) in [5.41, 5.74) is 1.23. The molecule has 1 N–H and O–H groups in total. The first kappa shape index (κ1) is 16.1. The Morgan fingerprint density at radius 3 is 2.92 bits per heavy atom. The Morgan fingerprint density at radius 2 is 2.20 bits per heavy atom. The number of nitrogens with one attached hydrogen (secondary N) is 1. The second kappa shape index (κ2) is 7.23. The molecule has 3 saturated heterocycles. The Morgan fingerprint density at radius 1 is 1.32 bits per heavy atom. The molecule has 5 heterocycles. The van der Waals surface area contributed by atoms with Crippen LogP contribution in [0.15, 0.2) is 53.4 Å². The Balaban J connectivity index is 1.46. The van der Waals surface area contributed by atoms with Crippen molar-refractivity contribution in [2.45, 2.75) is 31.3 Å². The van der Waals surface area contributed by atoms with Crippen molar-refractivity contribution in [1.82, 2.24) is 15.2 Å². The van der Waals surface area contributed by atoms with Gasteiger partial charge in [0, 0.05) is 30.6 Å². The molecular weight excluding hydrogens is 314 g/mol. The summed E-state index contributed by atoms with van der Waals surface area (Å²) >= 11 is 0. The van der Waals surface area contributed by atoms with E-state index in [0.717, 1.165) is 32.4 Å². The van der Waals surface area contributed by atoms with Crippen LogP contribution >= 0.6 is 0 Å². The molecule has 0 saturated carbocycles. The number of rotatable bonds is 5. The van der Waals surface area contributed by atoms with Crippen LogP contribution in [-0.2, 0) is 11.2 Å². The zero-order valence-corrected chi connectivity index (χ0v) is 14.2. The minimum Gasteiger partial charge on any atom is -0.465 e. The highest BCUT2D eigenvalue weighted by molar-refractivity contribution is 5.91. The fourth-order valence-corrected chi connectivity index (χ4v) is 4.14. The molecule has 0 radical (unpaired) electrons. The molecule has 2 atom stereocenters. The molecular formula is C20H23N3O2. The van der Waals surface area contributed by atoms with Gasteiger partial charge in [-0.3, -0.25) is 14.7 Å². The van der Waals surface area contributed by atoms with Gasteiger partial charge in [-0.05, 0) is 68.1 Å². The van der Waals surface area contributed by atoms with E-state index >= 15 is 0 Å². The summed E-state index contributed by atoms with van der Waals surface area (Å²) in [5.74, 6) is 1.20. The van der Waals surface area contributed by atoms with Gasteiger partial charge in [-0.15, -0.1) is 0 Å². The number of carbonyl (C=O) groups is 1. The number of amides is 1. The van der Waals surface area contributed by atoms with E-state index < -0.39 is 0 Å². The molecule has 2 aromatic heterocycles. The number of nitrogens with zero attached hydrogens (tertiary/aromatic N) is 2. The molecule has 2 aromatic rings. The lowest BCUT2D eigenvalue weighted by molar-refractivity contribution is -0.119. The SMILES string of the molecule is O=C(/C=C/c1ccco1)NC1C2CCN(CC2)C1Cc1cccnc1. The normalized spacial score (nSPS) is 28.3. The number of hydrogen-bond acceptors (Lipinski definition) is 4. The largest absolute Gasteiger partial charge is 0.465 e. The van der Waals surface area contributed by atoms with Gasteiger partial charge in [0.05, 0.1) is 6.26 Å². The van der Waals surface area contributed by atoms with E-state index in [4.69, 9.17) is 4.42 Å². The first-order valence-corrected chi connectivity index (χ1v) is 8.94. The number of hydrogen-bond donors (Lipinski definition) is 1. The maximum Gasteiger partial charge on any atom is 0.244 e. The highest BCUT2D eigenvalue weighted by Gasteiger charge is 2.42. The summed E-state index contributed by atoms with van der Waals surface area (Å²) < 4.78 is 5.24. The van der Waals surface area contributed by atoms with Crippen molar-refractivity contribution in [3.8, 4) is 0 Å². The van der Waals surface area contributed by atoms with Gasteiger partial charge in [0.15, 0.2) is 0 Å². The standard InChI is InChI=1S/C20H23N3O2/c24-19(6-5-17-4-2-12-25-17)22-20-16-7-10-23(11-8-16)18(20)13-15-3-1-9-21-14-15/h1-6,9,12,14,16,18,20H,7-8,10-11,13H2,(H,22,24)/b6-5+. The van der Waals surface area contributed by atoms with Crippen LogP contribution in [0.4, 0.5) is 0 Å². The third-order valence-corrected chi connectivity index (χ3v) is 5.38. The minimum absolute atomic E-state index is 0.0497. The Hall–Kier alpha value is -2.40. The van der Waals surface area contributed by atoms with Crippen molar-refractivity contribution in [2.75, 3.05) is 13.1 Å². The molecule has 130 valence electrons. The summed E-state index contributed by atoms with van der Waals surface area (Å²) in [6.07, 6.45) is 11.9. The summed E-state index contributed by atoms with van der Waals surface area (Å²) in [6, 6.07) is 8.28. The number of furan rings is 1. The summed E-state index contributed by atoms with van der Waals surface area (Å²) in [5, 5.41) is 3.25. The highest BCUT2D eigenvalue weighted by Crippen LogP contribution is 2.33. The fourth-order valence-electron chi connectivity index (χ4n) is 4.14. The smallest absolute Gasteiger partial charge is 0.244 e. The van der Waals surface area contributed by atoms with E-state index in [-0.39, 0.29) is 11.9 Å². The van der Waals surface area contributed by atoms with Gasteiger partial charge in [-0.25, -0.2) is 0 Å². The number of carbonyl (C=O) groups excluding carboxylic acids is 1. The molecule has 5 rings (SSSR count). The van der Waals surface area contributed by atoms with Gasteiger partial charge in [0.25, 0.3) is 0 Å². The lowest BCUT2D eigenvalue weighted by Crippen LogP contribution is -2.64. The molecule has 3 aliphatic rings. The first-order valence-electron chi connectivity index (χ1n) is 8.94. The molecule has 25 heavy (non-hydrogen) atoms. The van der Waals surface area contributed by atoms with Crippen LogP contribution in [-0.4, -0.2) is 41.0 Å². The van der Waals surface area contributed by atoms with Crippen LogP contribution < -0.4 is 5.32 Å². The van der Waals surface area contributed by atoms with Crippen LogP contribution in [0.5, 0.6) is 0 Å². The van der Waals surface area contributed by atoms with Crippen LogP contribution in [0.3, 0.4) is 0 Å². The summed E-state index contributed by atoms with van der Waals surface area (Å²) in [7, 11) is 0. The Labute approximate surface area is 147 Å². The van der Waals surface area contributed by atoms with Crippen molar-refractivity contribution in [2.24, 2.45) is 5.92 Å². The van der Waals surface area contributed by atoms with Crippen molar-refractivity contribution in [3.63, 3.8) is 0 Å². The number of piperidine rings is 3. The van der Waals surface area contributed by atoms with Gasteiger partial charge in [-0.2, -0.15) is 0 Å². The van der Waals surface area contributed by atoms with Crippen LogP contribution in [0.25, 0.3) is 6.08 Å². The van der Waals surface area contributed by atoms with E-state index in [1.807, 2.05) is 24.4 Å². The maximum absolute atomic E-state index is 12.4. The maximum atomic E-state index is 12.4. The van der Waals surface area contributed by atoms with E-state index in [9.17, 15) is 4.79 Å². The van der Waals surface area contributed by atoms with E-state index in [2.05, 4.69) is 21.3 Å². The molecule has 2 bridgehead atoms. The quantitative estimate of drug-likeness (QED) is 0.852. The fraction of sp³-hybridized carbons (Fsp3) is 0.400.